The molecule has 0 atom stereocenters. The van der Waals surface area contributed by atoms with Gasteiger partial charge in [-0.05, 0) is 30.0 Å². The van der Waals surface area contributed by atoms with Gasteiger partial charge in [-0.1, -0.05) is 49.6 Å². The van der Waals surface area contributed by atoms with Gasteiger partial charge in [0.25, 0.3) is 0 Å². The van der Waals surface area contributed by atoms with Crippen LogP contribution in [-0.4, -0.2) is 19.6 Å². The third-order valence-corrected chi connectivity index (χ3v) is 4.85. The molecular formula is C18H20ClN5. The molecule has 2 heterocycles. The summed E-state index contributed by atoms with van der Waals surface area (Å²) in [6.45, 7) is 0.676. The van der Waals surface area contributed by atoms with E-state index in [2.05, 4.69) is 32.5 Å². The predicted molar refractivity (Wildman–Crippen MR) is 95.4 cm³/mol. The first kappa shape index (κ1) is 15.4. The number of imidazole rings is 1. The summed E-state index contributed by atoms with van der Waals surface area (Å²) in [7, 11) is 0. The second-order valence-electron chi connectivity index (χ2n) is 6.32. The van der Waals surface area contributed by atoms with Gasteiger partial charge in [-0.2, -0.15) is 4.98 Å². The van der Waals surface area contributed by atoms with E-state index in [0.717, 1.165) is 11.3 Å². The Morgan fingerprint density at radius 1 is 1.12 bits per heavy atom. The number of fused-ring (bicyclic) bond motifs is 1. The molecule has 0 bridgehead atoms. The van der Waals surface area contributed by atoms with Crippen LogP contribution in [-0.2, 0) is 6.54 Å². The molecule has 1 fully saturated rings. The number of hydrogen-bond acceptors (Lipinski definition) is 4. The topological polar surface area (TPSA) is 55.1 Å². The minimum absolute atomic E-state index is 0.244. The Hall–Kier alpha value is -2.14. The van der Waals surface area contributed by atoms with Crippen LogP contribution in [0.15, 0.2) is 36.5 Å². The number of benzene rings is 1. The van der Waals surface area contributed by atoms with E-state index in [-0.39, 0.29) is 5.28 Å². The van der Waals surface area contributed by atoms with Gasteiger partial charge in [-0.15, -0.1) is 5.10 Å². The van der Waals surface area contributed by atoms with Gasteiger partial charge in [0, 0.05) is 12.5 Å². The van der Waals surface area contributed by atoms with Crippen LogP contribution in [0.2, 0.25) is 5.28 Å². The normalized spacial score (nSPS) is 15.7. The third kappa shape index (κ3) is 3.08. The van der Waals surface area contributed by atoms with Gasteiger partial charge in [0.15, 0.2) is 11.5 Å². The first-order chi connectivity index (χ1) is 11.8. The van der Waals surface area contributed by atoms with Crippen molar-refractivity contribution < 1.29 is 0 Å². The molecule has 0 aliphatic heterocycles. The largest absolute Gasteiger partial charge is 0.363 e. The Kier molecular flexibility index (Phi) is 4.34. The molecule has 1 saturated carbocycles. The van der Waals surface area contributed by atoms with Crippen molar-refractivity contribution >= 4 is 23.1 Å². The summed E-state index contributed by atoms with van der Waals surface area (Å²) >= 11 is 6.16. The highest BCUT2D eigenvalue weighted by Gasteiger charge is 2.21. The maximum atomic E-state index is 6.16. The fraction of sp³-hybridized carbons (Fsp3) is 0.389. The zero-order chi connectivity index (χ0) is 16.4. The lowest BCUT2D eigenvalue weighted by Gasteiger charge is -2.20. The third-order valence-electron chi connectivity index (χ3n) is 4.69. The van der Waals surface area contributed by atoms with Gasteiger partial charge in [0.05, 0.1) is 11.9 Å². The Labute approximate surface area is 146 Å². The van der Waals surface area contributed by atoms with Crippen LogP contribution in [0.4, 0.5) is 5.82 Å². The van der Waals surface area contributed by atoms with Crippen LogP contribution >= 0.6 is 11.6 Å². The molecule has 0 radical (unpaired) electrons. The first-order valence-electron chi connectivity index (χ1n) is 8.50. The number of aromatic nitrogens is 4. The van der Waals surface area contributed by atoms with E-state index in [4.69, 9.17) is 11.6 Å². The monoisotopic (exact) mass is 341 g/mol. The Balaban J connectivity index is 1.64. The lowest BCUT2D eigenvalue weighted by Crippen LogP contribution is -2.11. The Morgan fingerprint density at radius 3 is 2.71 bits per heavy atom. The fourth-order valence-corrected chi connectivity index (χ4v) is 3.61. The molecule has 1 aromatic carbocycles. The molecule has 0 spiro atoms. The highest BCUT2D eigenvalue weighted by Crippen LogP contribution is 2.33. The van der Waals surface area contributed by atoms with E-state index < -0.39 is 0 Å². The number of anilines is 1. The molecule has 0 saturated heterocycles. The van der Waals surface area contributed by atoms with Crippen LogP contribution in [0, 0.1) is 0 Å². The van der Waals surface area contributed by atoms with E-state index in [1.165, 1.54) is 37.7 Å². The van der Waals surface area contributed by atoms with Crippen LogP contribution in [0.5, 0.6) is 0 Å². The number of nitrogens with zero attached hydrogens (tertiary/aromatic N) is 4. The number of hydrogen-bond donors (Lipinski definition) is 1. The van der Waals surface area contributed by atoms with Crippen molar-refractivity contribution in [2.75, 3.05) is 5.32 Å². The SMILES string of the molecule is Clc1nc(NCc2ccccc2)c2ncc(C3CCCCC3)n2n1. The average molecular weight is 342 g/mol. The molecule has 0 amide bonds. The quantitative estimate of drug-likeness (QED) is 0.762. The Morgan fingerprint density at radius 2 is 1.92 bits per heavy atom. The zero-order valence-corrected chi connectivity index (χ0v) is 14.2. The highest BCUT2D eigenvalue weighted by molar-refractivity contribution is 6.28. The van der Waals surface area contributed by atoms with Gasteiger partial charge >= 0.3 is 0 Å². The molecule has 1 aliphatic carbocycles. The van der Waals surface area contributed by atoms with E-state index in [0.29, 0.717) is 18.3 Å². The molecule has 2 aromatic heterocycles. The molecule has 1 N–H and O–H groups in total. The molecule has 3 aromatic rings. The summed E-state index contributed by atoms with van der Waals surface area (Å²) in [5, 5.41) is 7.98. The first-order valence-corrected chi connectivity index (χ1v) is 8.88. The van der Waals surface area contributed by atoms with Crippen molar-refractivity contribution in [2.24, 2.45) is 0 Å². The summed E-state index contributed by atoms with van der Waals surface area (Å²) in [5.41, 5.74) is 3.08. The summed E-state index contributed by atoms with van der Waals surface area (Å²) in [6, 6.07) is 10.2. The van der Waals surface area contributed by atoms with Crippen molar-refractivity contribution in [1.82, 2.24) is 19.6 Å². The van der Waals surface area contributed by atoms with Gasteiger partial charge < -0.3 is 5.32 Å². The molecular weight excluding hydrogens is 322 g/mol. The van der Waals surface area contributed by atoms with Crippen molar-refractivity contribution in [3.8, 4) is 0 Å². The fourth-order valence-electron chi connectivity index (χ4n) is 3.45. The van der Waals surface area contributed by atoms with Crippen LogP contribution in [0.1, 0.15) is 49.3 Å². The smallest absolute Gasteiger partial charge is 0.243 e. The van der Waals surface area contributed by atoms with Crippen molar-refractivity contribution in [2.45, 2.75) is 44.6 Å². The molecule has 4 rings (SSSR count). The second kappa shape index (κ2) is 6.77. The second-order valence-corrected chi connectivity index (χ2v) is 6.66. The Bertz CT molecular complexity index is 824. The maximum Gasteiger partial charge on any atom is 0.243 e. The van der Waals surface area contributed by atoms with Crippen molar-refractivity contribution in [3.05, 3.63) is 53.1 Å². The summed E-state index contributed by atoms with van der Waals surface area (Å²) in [5.74, 6) is 1.20. The summed E-state index contributed by atoms with van der Waals surface area (Å²) in [4.78, 5) is 8.90. The summed E-state index contributed by atoms with van der Waals surface area (Å²) in [6.07, 6.45) is 8.20. The maximum absolute atomic E-state index is 6.16. The predicted octanol–water partition coefficient (Wildman–Crippen LogP) is 4.44. The molecule has 6 heteroatoms. The molecule has 1 aliphatic rings. The van der Waals surface area contributed by atoms with E-state index in [1.54, 1.807) is 0 Å². The van der Waals surface area contributed by atoms with Crippen molar-refractivity contribution in [3.63, 3.8) is 0 Å². The average Bonchev–Trinajstić information content (AvgIpc) is 3.05. The molecule has 24 heavy (non-hydrogen) atoms. The molecule has 124 valence electrons. The number of halogens is 1. The highest BCUT2D eigenvalue weighted by atomic mass is 35.5. The van der Waals surface area contributed by atoms with Gasteiger partial charge in [-0.3, -0.25) is 0 Å². The van der Waals surface area contributed by atoms with Crippen LogP contribution < -0.4 is 5.32 Å². The van der Waals surface area contributed by atoms with E-state index >= 15 is 0 Å². The van der Waals surface area contributed by atoms with Crippen molar-refractivity contribution in [1.29, 1.82) is 0 Å². The number of rotatable bonds is 4. The van der Waals surface area contributed by atoms with Crippen LogP contribution in [0.25, 0.3) is 5.65 Å². The standard InChI is InChI=1S/C18H20ClN5/c19-18-22-16(20-11-13-7-3-1-4-8-13)17-21-12-15(24(17)23-18)14-9-5-2-6-10-14/h1,3-4,7-8,12,14H,2,5-6,9-11H2,(H,20,22,23). The van der Waals surface area contributed by atoms with E-state index in [1.807, 2.05) is 28.9 Å². The molecule has 5 nitrogen and oxygen atoms in total. The summed E-state index contributed by atoms with van der Waals surface area (Å²) < 4.78 is 1.87. The zero-order valence-electron chi connectivity index (χ0n) is 13.5. The molecule has 0 unspecified atom stereocenters. The lowest BCUT2D eigenvalue weighted by molar-refractivity contribution is 0.431. The van der Waals surface area contributed by atoms with Gasteiger partial charge in [-0.25, -0.2) is 9.50 Å². The van der Waals surface area contributed by atoms with Gasteiger partial charge in [0.1, 0.15) is 0 Å². The van der Waals surface area contributed by atoms with E-state index in [9.17, 15) is 0 Å². The minimum atomic E-state index is 0.244. The van der Waals surface area contributed by atoms with Crippen LogP contribution in [0.3, 0.4) is 0 Å². The number of nitrogens with one attached hydrogen (secondary N) is 1. The minimum Gasteiger partial charge on any atom is -0.363 e. The lowest BCUT2D eigenvalue weighted by atomic mass is 9.87. The van der Waals surface area contributed by atoms with Gasteiger partial charge in [0.2, 0.25) is 5.28 Å².